The van der Waals surface area contributed by atoms with Crippen molar-refractivity contribution in [2.24, 2.45) is 0 Å². The third kappa shape index (κ3) is 2.98. The molecule has 2 N–H and O–H groups in total. The van der Waals surface area contributed by atoms with Gasteiger partial charge in [0.15, 0.2) is 0 Å². The van der Waals surface area contributed by atoms with E-state index in [0.717, 1.165) is 17.9 Å². The highest BCUT2D eigenvalue weighted by molar-refractivity contribution is 5.40. The van der Waals surface area contributed by atoms with Crippen LogP contribution >= 0.6 is 0 Å². The van der Waals surface area contributed by atoms with E-state index in [9.17, 15) is 10.2 Å². The van der Waals surface area contributed by atoms with Crippen LogP contribution in [0.4, 0.5) is 5.82 Å². The average Bonchev–Trinajstić information content (AvgIpc) is 2.38. The zero-order valence-electron chi connectivity index (χ0n) is 10.8. The van der Waals surface area contributed by atoms with Gasteiger partial charge in [-0.15, -0.1) is 0 Å². The first kappa shape index (κ1) is 13.3. The molecule has 0 aromatic carbocycles. The normalized spacial score (nSPS) is 26.1. The van der Waals surface area contributed by atoms with Crippen LogP contribution in [0.5, 0.6) is 0 Å². The highest BCUT2D eigenvalue weighted by atomic mass is 16.5. The van der Waals surface area contributed by atoms with E-state index in [-0.39, 0.29) is 18.8 Å². The molecular weight excluding hydrogens is 232 g/mol. The van der Waals surface area contributed by atoms with Gasteiger partial charge in [-0.05, 0) is 25.5 Å². The summed E-state index contributed by atoms with van der Waals surface area (Å²) in [5, 5.41) is 18.6. The summed E-state index contributed by atoms with van der Waals surface area (Å²) in [5.41, 5.74) is 0.804. The molecule has 1 fully saturated rings. The number of rotatable bonds is 3. The average molecular weight is 252 g/mol. The summed E-state index contributed by atoms with van der Waals surface area (Å²) >= 11 is 0. The summed E-state index contributed by atoms with van der Waals surface area (Å²) in [6.45, 7) is 5.13. The van der Waals surface area contributed by atoms with E-state index in [1.54, 1.807) is 13.1 Å². The van der Waals surface area contributed by atoms with Gasteiger partial charge in [-0.1, -0.05) is 6.07 Å². The summed E-state index contributed by atoms with van der Waals surface area (Å²) in [7, 11) is 0. The highest BCUT2D eigenvalue weighted by Gasteiger charge is 2.25. The molecule has 2 unspecified atom stereocenters. The third-order valence-corrected chi connectivity index (χ3v) is 3.11. The minimum atomic E-state index is -0.500. The number of aliphatic hydroxyl groups excluding tert-OH is 2. The lowest BCUT2D eigenvalue weighted by atomic mass is 10.2. The van der Waals surface area contributed by atoms with Crippen molar-refractivity contribution in [3.8, 4) is 0 Å². The number of hydrogen-bond acceptors (Lipinski definition) is 5. The van der Waals surface area contributed by atoms with Gasteiger partial charge in [-0.2, -0.15) is 0 Å². The molecule has 0 spiro atoms. The van der Waals surface area contributed by atoms with Crippen molar-refractivity contribution in [3.05, 3.63) is 23.9 Å². The highest BCUT2D eigenvalue weighted by Crippen LogP contribution is 2.20. The molecule has 5 heteroatoms. The van der Waals surface area contributed by atoms with Crippen molar-refractivity contribution in [2.75, 3.05) is 24.6 Å². The fraction of sp³-hybridized carbons (Fsp3) is 0.615. The molecule has 1 aromatic heterocycles. The van der Waals surface area contributed by atoms with Crippen LogP contribution in [-0.2, 0) is 4.74 Å². The monoisotopic (exact) mass is 252 g/mol. The minimum absolute atomic E-state index is 0.0204. The molecule has 3 atom stereocenters. The van der Waals surface area contributed by atoms with Gasteiger partial charge in [0.1, 0.15) is 5.82 Å². The number of ether oxygens (including phenoxy) is 1. The molecule has 1 aliphatic heterocycles. The van der Waals surface area contributed by atoms with Crippen LogP contribution in [0.3, 0.4) is 0 Å². The molecule has 0 aliphatic carbocycles. The van der Waals surface area contributed by atoms with Crippen LogP contribution in [0.15, 0.2) is 18.3 Å². The molecular formula is C13H20N2O3. The van der Waals surface area contributed by atoms with E-state index in [1.807, 2.05) is 19.1 Å². The summed E-state index contributed by atoms with van der Waals surface area (Å²) in [5.74, 6) is 0.855. The summed E-state index contributed by atoms with van der Waals surface area (Å²) in [6.07, 6.45) is 1.11. The Balaban J connectivity index is 2.10. The lowest BCUT2D eigenvalue weighted by Crippen LogP contribution is -2.48. The Kier molecular flexibility index (Phi) is 4.16. The van der Waals surface area contributed by atoms with Gasteiger partial charge < -0.3 is 19.8 Å². The molecule has 1 aliphatic rings. The Morgan fingerprint density at radius 3 is 2.83 bits per heavy atom. The smallest absolute Gasteiger partial charge is 0.128 e. The van der Waals surface area contributed by atoms with Gasteiger partial charge in [0.05, 0.1) is 24.9 Å². The zero-order chi connectivity index (χ0) is 13.1. The SMILES string of the molecule is CC1CN(c2ccc([C@H](C)O)cn2)CC(CO)O1. The second kappa shape index (κ2) is 5.65. The number of hydrogen-bond donors (Lipinski definition) is 2. The lowest BCUT2D eigenvalue weighted by molar-refractivity contribution is -0.0423. The predicted octanol–water partition coefficient (Wildman–Crippen LogP) is 0.721. The third-order valence-electron chi connectivity index (χ3n) is 3.11. The molecule has 2 heterocycles. The van der Waals surface area contributed by atoms with Gasteiger partial charge in [0, 0.05) is 19.3 Å². The van der Waals surface area contributed by atoms with Crippen molar-refractivity contribution < 1.29 is 14.9 Å². The number of aliphatic hydroxyl groups is 2. The molecule has 0 saturated carbocycles. The number of nitrogens with zero attached hydrogens (tertiary/aromatic N) is 2. The van der Waals surface area contributed by atoms with Crippen LogP contribution in [0.25, 0.3) is 0 Å². The summed E-state index contributed by atoms with van der Waals surface area (Å²) < 4.78 is 5.59. The number of morpholine rings is 1. The van der Waals surface area contributed by atoms with Crippen molar-refractivity contribution >= 4 is 5.82 Å². The Morgan fingerprint density at radius 1 is 1.50 bits per heavy atom. The number of aromatic nitrogens is 1. The molecule has 1 saturated heterocycles. The maximum Gasteiger partial charge on any atom is 0.128 e. The van der Waals surface area contributed by atoms with E-state index in [4.69, 9.17) is 4.74 Å². The minimum Gasteiger partial charge on any atom is -0.394 e. The standard InChI is InChI=1S/C13H20N2O3/c1-9-6-15(7-12(8-16)18-9)13-4-3-11(5-14-13)10(2)17/h3-5,9-10,12,16-17H,6-8H2,1-2H3/t9?,10-,12?/m0/s1. The van der Waals surface area contributed by atoms with E-state index in [0.29, 0.717) is 6.54 Å². The van der Waals surface area contributed by atoms with Gasteiger partial charge in [-0.3, -0.25) is 0 Å². The molecule has 2 rings (SSSR count). The van der Waals surface area contributed by atoms with Crippen molar-refractivity contribution in [1.29, 1.82) is 0 Å². The molecule has 0 amide bonds. The zero-order valence-corrected chi connectivity index (χ0v) is 10.8. The Bertz CT molecular complexity index is 380. The second-order valence-corrected chi connectivity index (χ2v) is 4.78. The summed E-state index contributed by atoms with van der Waals surface area (Å²) in [6, 6.07) is 3.77. The maximum absolute atomic E-state index is 9.44. The second-order valence-electron chi connectivity index (χ2n) is 4.78. The largest absolute Gasteiger partial charge is 0.394 e. The molecule has 5 nitrogen and oxygen atoms in total. The molecule has 1 aromatic rings. The first-order valence-electron chi connectivity index (χ1n) is 6.25. The van der Waals surface area contributed by atoms with Gasteiger partial charge in [0.25, 0.3) is 0 Å². The quantitative estimate of drug-likeness (QED) is 0.830. The Labute approximate surface area is 107 Å². The van der Waals surface area contributed by atoms with Gasteiger partial charge in [-0.25, -0.2) is 4.98 Å². The van der Waals surface area contributed by atoms with Crippen LogP contribution in [0.2, 0.25) is 0 Å². The van der Waals surface area contributed by atoms with Crippen molar-refractivity contribution in [2.45, 2.75) is 32.2 Å². The Hall–Kier alpha value is -1.17. The van der Waals surface area contributed by atoms with Gasteiger partial charge >= 0.3 is 0 Å². The first-order valence-corrected chi connectivity index (χ1v) is 6.25. The van der Waals surface area contributed by atoms with E-state index >= 15 is 0 Å². The molecule has 0 radical (unpaired) electrons. The molecule has 0 bridgehead atoms. The van der Waals surface area contributed by atoms with Crippen molar-refractivity contribution in [3.63, 3.8) is 0 Å². The fourth-order valence-corrected chi connectivity index (χ4v) is 2.16. The van der Waals surface area contributed by atoms with E-state index in [1.165, 1.54) is 0 Å². The summed E-state index contributed by atoms with van der Waals surface area (Å²) in [4.78, 5) is 6.45. The molecule has 100 valence electrons. The van der Waals surface area contributed by atoms with E-state index < -0.39 is 6.10 Å². The fourth-order valence-electron chi connectivity index (χ4n) is 2.16. The van der Waals surface area contributed by atoms with Crippen LogP contribution in [-0.4, -0.2) is 47.1 Å². The van der Waals surface area contributed by atoms with Crippen LogP contribution < -0.4 is 4.90 Å². The van der Waals surface area contributed by atoms with Crippen LogP contribution in [0.1, 0.15) is 25.5 Å². The lowest BCUT2D eigenvalue weighted by Gasteiger charge is -2.36. The molecule has 18 heavy (non-hydrogen) atoms. The Morgan fingerprint density at radius 2 is 2.28 bits per heavy atom. The van der Waals surface area contributed by atoms with Gasteiger partial charge in [0.2, 0.25) is 0 Å². The predicted molar refractivity (Wildman–Crippen MR) is 68.5 cm³/mol. The van der Waals surface area contributed by atoms with E-state index in [2.05, 4.69) is 9.88 Å². The number of anilines is 1. The maximum atomic E-state index is 9.44. The topological polar surface area (TPSA) is 65.8 Å². The van der Waals surface area contributed by atoms with Crippen LogP contribution in [0, 0.1) is 0 Å². The first-order chi connectivity index (χ1) is 8.60. The van der Waals surface area contributed by atoms with Crippen molar-refractivity contribution in [1.82, 2.24) is 4.98 Å². The number of pyridine rings is 1.